The number of anilines is 3. The van der Waals surface area contributed by atoms with Crippen molar-refractivity contribution in [1.82, 2.24) is 0 Å². The number of sulfonamides is 2. The summed E-state index contributed by atoms with van der Waals surface area (Å²) in [6, 6.07) is 26.1. The number of carbonyl (C=O) groups excluding carboxylic acids is 1. The number of nitrogens with zero attached hydrogens (tertiary/aromatic N) is 1. The molecule has 13 heteroatoms. The quantitative estimate of drug-likeness (QED) is 0.222. The fourth-order valence-corrected chi connectivity index (χ4v) is 5.91. The van der Waals surface area contributed by atoms with Crippen LogP contribution in [0, 0.1) is 0 Å². The lowest BCUT2D eigenvalue weighted by molar-refractivity contribution is -0.114. The summed E-state index contributed by atoms with van der Waals surface area (Å²) < 4.78 is 70.5. The molecule has 1 amide bonds. The third kappa shape index (κ3) is 8.40. The van der Waals surface area contributed by atoms with Gasteiger partial charge in [-0.15, -0.1) is 0 Å². The molecule has 2 N–H and O–H groups in total. The van der Waals surface area contributed by atoms with Crippen LogP contribution in [-0.2, 0) is 31.4 Å². The van der Waals surface area contributed by atoms with Crippen molar-refractivity contribution < 1.29 is 35.8 Å². The first-order valence-electron chi connectivity index (χ1n) is 12.9. The second kappa shape index (κ2) is 13.5. The molecule has 0 aliphatic carbocycles. The number of methoxy groups -OCH3 is 2. The van der Waals surface area contributed by atoms with Crippen molar-refractivity contribution in [3.8, 4) is 17.2 Å². The Hall–Kier alpha value is -4.75. The van der Waals surface area contributed by atoms with Gasteiger partial charge < -0.3 is 19.5 Å². The van der Waals surface area contributed by atoms with Crippen molar-refractivity contribution in [3.05, 3.63) is 103 Å². The highest BCUT2D eigenvalue weighted by molar-refractivity contribution is 7.92. The smallest absolute Gasteiger partial charge is 0.262 e. The SMILES string of the molecule is COc1ccc(NS(=O)(=O)c2ccc(NC(=O)CN(c3ccc(OCc4ccccc4)cc3)S(C)(=O)=O)cc2)c(OC)c1. The molecule has 4 aromatic carbocycles. The molecule has 226 valence electrons. The summed E-state index contributed by atoms with van der Waals surface area (Å²) in [6.45, 7) is -0.147. The van der Waals surface area contributed by atoms with Gasteiger partial charge in [-0.3, -0.25) is 13.8 Å². The first-order chi connectivity index (χ1) is 20.5. The summed E-state index contributed by atoms with van der Waals surface area (Å²) in [5, 5.41) is 2.60. The van der Waals surface area contributed by atoms with Crippen LogP contribution in [0.25, 0.3) is 0 Å². The second-order valence-corrected chi connectivity index (χ2v) is 12.9. The van der Waals surface area contributed by atoms with Gasteiger partial charge in [0, 0.05) is 11.8 Å². The number of rotatable bonds is 13. The van der Waals surface area contributed by atoms with E-state index in [1.165, 1.54) is 44.6 Å². The number of carbonyl (C=O) groups is 1. The van der Waals surface area contributed by atoms with Gasteiger partial charge in [0.15, 0.2) is 0 Å². The third-order valence-corrected chi connectivity index (χ3v) is 8.68. The molecule has 0 bridgehead atoms. The molecule has 0 saturated heterocycles. The van der Waals surface area contributed by atoms with Gasteiger partial charge in [0.25, 0.3) is 10.0 Å². The zero-order chi connectivity index (χ0) is 31.0. The Morgan fingerprint density at radius 3 is 2.05 bits per heavy atom. The van der Waals surface area contributed by atoms with Crippen molar-refractivity contribution in [2.75, 3.05) is 41.4 Å². The number of hydrogen-bond acceptors (Lipinski definition) is 8. The maximum atomic E-state index is 12.9. The van der Waals surface area contributed by atoms with Crippen molar-refractivity contribution in [2.45, 2.75) is 11.5 Å². The van der Waals surface area contributed by atoms with Crippen LogP contribution in [0.4, 0.5) is 17.1 Å². The second-order valence-electron chi connectivity index (χ2n) is 9.28. The van der Waals surface area contributed by atoms with E-state index in [1.807, 2.05) is 30.3 Å². The van der Waals surface area contributed by atoms with Gasteiger partial charge in [0.2, 0.25) is 15.9 Å². The number of nitrogens with one attached hydrogen (secondary N) is 2. The van der Waals surface area contributed by atoms with Crippen LogP contribution in [0.1, 0.15) is 5.56 Å². The Kier molecular flexibility index (Phi) is 9.78. The molecular formula is C30H31N3O8S2. The predicted molar refractivity (Wildman–Crippen MR) is 165 cm³/mol. The van der Waals surface area contributed by atoms with Crippen LogP contribution < -0.4 is 28.6 Å². The van der Waals surface area contributed by atoms with E-state index < -0.39 is 32.5 Å². The first-order valence-corrected chi connectivity index (χ1v) is 16.2. The minimum atomic E-state index is -3.99. The van der Waals surface area contributed by atoms with Crippen molar-refractivity contribution in [2.24, 2.45) is 0 Å². The van der Waals surface area contributed by atoms with E-state index >= 15 is 0 Å². The maximum absolute atomic E-state index is 12.9. The largest absolute Gasteiger partial charge is 0.497 e. The molecule has 0 aliphatic heterocycles. The first kappa shape index (κ1) is 31.2. The molecule has 4 rings (SSSR count). The lowest BCUT2D eigenvalue weighted by atomic mass is 10.2. The lowest BCUT2D eigenvalue weighted by Gasteiger charge is -2.22. The lowest BCUT2D eigenvalue weighted by Crippen LogP contribution is -2.37. The molecule has 0 aromatic heterocycles. The van der Waals surface area contributed by atoms with Crippen molar-refractivity contribution in [1.29, 1.82) is 0 Å². The molecule has 0 atom stereocenters. The van der Waals surface area contributed by atoms with Crippen LogP contribution in [0.15, 0.2) is 102 Å². The highest BCUT2D eigenvalue weighted by Crippen LogP contribution is 2.31. The topological polar surface area (TPSA) is 140 Å². The predicted octanol–water partition coefficient (Wildman–Crippen LogP) is 4.49. The molecule has 4 aromatic rings. The van der Waals surface area contributed by atoms with Gasteiger partial charge in [-0.05, 0) is 66.2 Å². The highest BCUT2D eigenvalue weighted by Gasteiger charge is 2.22. The highest BCUT2D eigenvalue weighted by atomic mass is 32.2. The Morgan fingerprint density at radius 2 is 1.44 bits per heavy atom. The van der Waals surface area contributed by atoms with Crippen molar-refractivity contribution in [3.63, 3.8) is 0 Å². The molecule has 11 nitrogen and oxygen atoms in total. The zero-order valence-electron chi connectivity index (χ0n) is 23.7. The molecule has 0 fully saturated rings. The van der Waals surface area contributed by atoms with Crippen LogP contribution in [0.5, 0.6) is 17.2 Å². The zero-order valence-corrected chi connectivity index (χ0v) is 25.3. The molecule has 0 spiro atoms. The molecule has 0 heterocycles. The Balaban J connectivity index is 1.40. The molecule has 0 unspecified atom stereocenters. The van der Waals surface area contributed by atoms with Gasteiger partial charge >= 0.3 is 0 Å². The standard InChI is InChI=1S/C30H31N3O8S2/c1-39-26-15-18-28(29(19-26)40-2)32-43(37,38)27-16-9-23(10-17-27)31-30(34)20-33(42(3,35)36)24-11-13-25(14-12-24)41-21-22-7-5-4-6-8-22/h4-19,32H,20-21H2,1-3H3,(H,31,34). The minimum absolute atomic E-state index is 0.0595. The third-order valence-electron chi connectivity index (χ3n) is 6.16. The summed E-state index contributed by atoms with van der Waals surface area (Å²) in [5.74, 6) is 0.697. The molecule has 0 saturated carbocycles. The van der Waals surface area contributed by atoms with E-state index in [9.17, 15) is 21.6 Å². The Bertz CT molecular complexity index is 1760. The molecule has 43 heavy (non-hydrogen) atoms. The Labute approximate surface area is 251 Å². The van der Waals surface area contributed by atoms with Gasteiger partial charge in [0.1, 0.15) is 30.4 Å². The van der Waals surface area contributed by atoms with Crippen LogP contribution in [-0.4, -0.2) is 49.8 Å². The fraction of sp³-hybridized carbons (Fsp3) is 0.167. The van der Waals surface area contributed by atoms with Crippen LogP contribution in [0.3, 0.4) is 0 Å². The average Bonchev–Trinajstić information content (AvgIpc) is 2.99. The van der Waals surface area contributed by atoms with E-state index in [2.05, 4.69) is 10.0 Å². The number of hydrogen-bond donors (Lipinski definition) is 2. The van der Waals surface area contributed by atoms with E-state index in [0.29, 0.717) is 18.1 Å². The average molecular weight is 626 g/mol. The van der Waals surface area contributed by atoms with Crippen molar-refractivity contribution >= 4 is 43.0 Å². The molecular weight excluding hydrogens is 594 g/mol. The Morgan fingerprint density at radius 1 is 0.791 bits per heavy atom. The number of amides is 1. The summed E-state index contributed by atoms with van der Waals surface area (Å²) in [4.78, 5) is 12.8. The minimum Gasteiger partial charge on any atom is -0.497 e. The van der Waals surface area contributed by atoms with Gasteiger partial charge in [0.05, 0.1) is 36.7 Å². The van der Waals surface area contributed by atoms with E-state index in [-0.39, 0.29) is 27.7 Å². The van der Waals surface area contributed by atoms with Gasteiger partial charge in [-0.2, -0.15) is 0 Å². The molecule has 0 aliphatic rings. The fourth-order valence-electron chi connectivity index (χ4n) is 3.98. The molecule has 0 radical (unpaired) electrons. The normalized spacial score (nSPS) is 11.3. The summed E-state index contributed by atoms with van der Waals surface area (Å²) in [7, 11) is -4.91. The number of ether oxygens (including phenoxy) is 3. The van der Waals surface area contributed by atoms with Gasteiger partial charge in [-0.25, -0.2) is 16.8 Å². The summed E-state index contributed by atoms with van der Waals surface area (Å²) in [6.07, 6.45) is 1.00. The van der Waals surface area contributed by atoms with E-state index in [1.54, 1.807) is 36.4 Å². The monoisotopic (exact) mass is 625 g/mol. The van der Waals surface area contributed by atoms with Crippen LogP contribution >= 0.6 is 0 Å². The van der Waals surface area contributed by atoms with Crippen LogP contribution in [0.2, 0.25) is 0 Å². The van der Waals surface area contributed by atoms with Gasteiger partial charge in [-0.1, -0.05) is 30.3 Å². The number of benzene rings is 4. The van der Waals surface area contributed by atoms with E-state index in [4.69, 9.17) is 14.2 Å². The summed E-state index contributed by atoms with van der Waals surface area (Å²) >= 11 is 0. The summed E-state index contributed by atoms with van der Waals surface area (Å²) in [5.41, 5.74) is 1.77. The van der Waals surface area contributed by atoms with E-state index in [0.717, 1.165) is 16.1 Å². The maximum Gasteiger partial charge on any atom is 0.262 e.